The summed E-state index contributed by atoms with van der Waals surface area (Å²) in [6, 6.07) is 13.4. The third kappa shape index (κ3) is 4.95. The van der Waals surface area contributed by atoms with Gasteiger partial charge in [0.25, 0.3) is 5.91 Å². The first-order chi connectivity index (χ1) is 11.0. The van der Waals surface area contributed by atoms with E-state index >= 15 is 0 Å². The highest BCUT2D eigenvalue weighted by molar-refractivity contribution is 5.94. The van der Waals surface area contributed by atoms with Gasteiger partial charge in [-0.25, -0.2) is 0 Å². The Hall–Kier alpha value is -2.62. The highest BCUT2D eigenvalue weighted by Crippen LogP contribution is 2.11. The van der Waals surface area contributed by atoms with Crippen molar-refractivity contribution in [2.24, 2.45) is 0 Å². The van der Waals surface area contributed by atoms with Gasteiger partial charge in [0.15, 0.2) is 0 Å². The Labute approximate surface area is 136 Å². The van der Waals surface area contributed by atoms with Crippen LogP contribution in [0.5, 0.6) is 0 Å². The normalized spacial score (nSPS) is 10.2. The summed E-state index contributed by atoms with van der Waals surface area (Å²) in [7, 11) is 0. The molecule has 120 valence electrons. The number of benzene rings is 2. The Balaban J connectivity index is 1.94. The minimum absolute atomic E-state index is 0.0692. The van der Waals surface area contributed by atoms with Crippen molar-refractivity contribution in [3.05, 3.63) is 70.3 Å². The minimum atomic E-state index is -0.101. The lowest BCUT2D eigenvalue weighted by Crippen LogP contribution is -2.23. The lowest BCUT2D eigenvalue weighted by Gasteiger charge is -2.09. The summed E-state index contributed by atoms with van der Waals surface area (Å²) in [5, 5.41) is 5.66. The zero-order chi connectivity index (χ0) is 16.8. The van der Waals surface area contributed by atoms with Gasteiger partial charge < -0.3 is 10.6 Å². The molecule has 2 aromatic carbocycles. The average Bonchev–Trinajstić information content (AvgIpc) is 2.52. The van der Waals surface area contributed by atoms with E-state index in [9.17, 15) is 9.59 Å². The van der Waals surface area contributed by atoms with E-state index in [1.807, 2.05) is 31.2 Å². The van der Waals surface area contributed by atoms with Crippen LogP contribution in [-0.2, 0) is 17.9 Å². The summed E-state index contributed by atoms with van der Waals surface area (Å²) in [6.07, 6.45) is 0. The number of hydrogen-bond donors (Lipinski definition) is 2. The SMILES string of the molecule is CC(=O)NCc1ccc(C(=O)NCc2ccc(C)cc2C)cc1. The number of amides is 2. The number of carbonyl (C=O) groups excluding carboxylic acids is 2. The third-order valence-electron chi connectivity index (χ3n) is 3.70. The van der Waals surface area contributed by atoms with Gasteiger partial charge >= 0.3 is 0 Å². The lowest BCUT2D eigenvalue weighted by molar-refractivity contribution is -0.119. The maximum Gasteiger partial charge on any atom is 0.251 e. The number of carbonyl (C=O) groups is 2. The fraction of sp³-hybridized carbons (Fsp3) is 0.263. The van der Waals surface area contributed by atoms with E-state index in [4.69, 9.17) is 0 Å². The van der Waals surface area contributed by atoms with E-state index < -0.39 is 0 Å². The van der Waals surface area contributed by atoms with Crippen LogP contribution in [0.15, 0.2) is 42.5 Å². The summed E-state index contributed by atoms with van der Waals surface area (Å²) in [5.41, 5.74) is 5.09. The molecular weight excluding hydrogens is 288 g/mol. The molecule has 2 N–H and O–H groups in total. The van der Waals surface area contributed by atoms with Gasteiger partial charge in [0.1, 0.15) is 0 Å². The highest BCUT2D eigenvalue weighted by Gasteiger charge is 2.06. The maximum atomic E-state index is 12.2. The van der Waals surface area contributed by atoms with E-state index in [0.717, 1.165) is 11.1 Å². The highest BCUT2D eigenvalue weighted by atomic mass is 16.2. The number of hydrogen-bond acceptors (Lipinski definition) is 2. The maximum absolute atomic E-state index is 12.2. The molecule has 0 aromatic heterocycles. The Morgan fingerprint density at radius 1 is 0.913 bits per heavy atom. The molecule has 0 aliphatic rings. The first kappa shape index (κ1) is 16.7. The molecule has 2 aromatic rings. The number of rotatable bonds is 5. The molecule has 0 aliphatic heterocycles. The molecule has 0 saturated heterocycles. The molecule has 0 bridgehead atoms. The molecular formula is C19H22N2O2. The Bertz CT molecular complexity index is 706. The van der Waals surface area contributed by atoms with Gasteiger partial charge in [0.05, 0.1) is 0 Å². The van der Waals surface area contributed by atoms with E-state index in [1.54, 1.807) is 12.1 Å². The van der Waals surface area contributed by atoms with Crippen LogP contribution < -0.4 is 10.6 Å². The van der Waals surface area contributed by atoms with Crippen molar-refractivity contribution in [3.8, 4) is 0 Å². The summed E-state index contributed by atoms with van der Waals surface area (Å²) in [6.45, 7) is 6.57. The molecule has 2 amide bonds. The molecule has 4 nitrogen and oxygen atoms in total. The molecule has 0 heterocycles. The van der Waals surface area contributed by atoms with Gasteiger partial charge in [-0.2, -0.15) is 0 Å². The summed E-state index contributed by atoms with van der Waals surface area (Å²) in [5.74, 6) is -0.170. The average molecular weight is 310 g/mol. The van der Waals surface area contributed by atoms with Gasteiger partial charge in [0, 0.05) is 25.6 Å². The smallest absolute Gasteiger partial charge is 0.251 e. The zero-order valence-electron chi connectivity index (χ0n) is 13.8. The molecule has 0 fully saturated rings. The molecule has 0 aliphatic carbocycles. The molecule has 2 rings (SSSR count). The first-order valence-corrected chi connectivity index (χ1v) is 7.63. The predicted molar refractivity (Wildman–Crippen MR) is 91.0 cm³/mol. The predicted octanol–water partition coefficient (Wildman–Crippen LogP) is 2.87. The summed E-state index contributed by atoms with van der Waals surface area (Å²) in [4.78, 5) is 23.1. The summed E-state index contributed by atoms with van der Waals surface area (Å²) < 4.78 is 0. The quantitative estimate of drug-likeness (QED) is 0.892. The van der Waals surface area contributed by atoms with Crippen molar-refractivity contribution < 1.29 is 9.59 Å². The summed E-state index contributed by atoms with van der Waals surface area (Å²) >= 11 is 0. The number of aryl methyl sites for hydroxylation is 2. The second-order valence-corrected chi connectivity index (χ2v) is 5.72. The van der Waals surface area contributed by atoms with Crippen LogP contribution in [-0.4, -0.2) is 11.8 Å². The Morgan fingerprint density at radius 2 is 1.61 bits per heavy atom. The zero-order valence-corrected chi connectivity index (χ0v) is 13.8. The molecule has 4 heteroatoms. The second-order valence-electron chi connectivity index (χ2n) is 5.72. The van der Waals surface area contributed by atoms with Gasteiger partial charge in [-0.05, 0) is 42.7 Å². The van der Waals surface area contributed by atoms with Crippen molar-refractivity contribution in [1.82, 2.24) is 10.6 Å². The fourth-order valence-electron chi connectivity index (χ4n) is 2.32. The Morgan fingerprint density at radius 3 is 2.22 bits per heavy atom. The van der Waals surface area contributed by atoms with Crippen LogP contribution in [0.25, 0.3) is 0 Å². The first-order valence-electron chi connectivity index (χ1n) is 7.63. The van der Waals surface area contributed by atoms with E-state index in [0.29, 0.717) is 18.7 Å². The van der Waals surface area contributed by atoms with Crippen molar-refractivity contribution in [2.75, 3.05) is 0 Å². The van der Waals surface area contributed by atoms with Crippen LogP contribution in [0.4, 0.5) is 0 Å². The second kappa shape index (κ2) is 7.58. The van der Waals surface area contributed by atoms with E-state index in [2.05, 4.69) is 23.6 Å². The molecule has 23 heavy (non-hydrogen) atoms. The van der Waals surface area contributed by atoms with Crippen molar-refractivity contribution >= 4 is 11.8 Å². The molecule has 0 unspecified atom stereocenters. The van der Waals surface area contributed by atoms with Gasteiger partial charge in [-0.3, -0.25) is 9.59 Å². The van der Waals surface area contributed by atoms with Crippen molar-refractivity contribution in [2.45, 2.75) is 33.9 Å². The standard InChI is InChI=1S/C19H22N2O2/c1-13-4-7-18(14(2)10-13)12-21-19(23)17-8-5-16(6-9-17)11-20-15(3)22/h4-10H,11-12H2,1-3H3,(H,20,22)(H,21,23). The van der Waals surface area contributed by atoms with Crippen molar-refractivity contribution in [1.29, 1.82) is 0 Å². The lowest BCUT2D eigenvalue weighted by atomic mass is 10.1. The number of nitrogens with one attached hydrogen (secondary N) is 2. The van der Waals surface area contributed by atoms with Gasteiger partial charge in [-0.15, -0.1) is 0 Å². The van der Waals surface area contributed by atoms with E-state index in [1.165, 1.54) is 18.1 Å². The molecule has 0 radical (unpaired) electrons. The van der Waals surface area contributed by atoms with Crippen LogP contribution in [0.1, 0.15) is 39.5 Å². The fourth-order valence-corrected chi connectivity index (χ4v) is 2.32. The molecule has 0 atom stereocenters. The van der Waals surface area contributed by atoms with Crippen molar-refractivity contribution in [3.63, 3.8) is 0 Å². The van der Waals surface area contributed by atoms with Crippen LogP contribution in [0, 0.1) is 13.8 Å². The van der Waals surface area contributed by atoms with E-state index in [-0.39, 0.29) is 11.8 Å². The Kier molecular flexibility index (Phi) is 5.52. The largest absolute Gasteiger partial charge is 0.352 e. The minimum Gasteiger partial charge on any atom is -0.352 e. The van der Waals surface area contributed by atoms with Crippen LogP contribution in [0.3, 0.4) is 0 Å². The molecule has 0 saturated carbocycles. The van der Waals surface area contributed by atoms with Crippen LogP contribution in [0.2, 0.25) is 0 Å². The monoisotopic (exact) mass is 310 g/mol. The third-order valence-corrected chi connectivity index (χ3v) is 3.70. The van der Waals surface area contributed by atoms with Crippen LogP contribution >= 0.6 is 0 Å². The molecule has 0 spiro atoms. The van der Waals surface area contributed by atoms with Gasteiger partial charge in [0.2, 0.25) is 5.91 Å². The van der Waals surface area contributed by atoms with Gasteiger partial charge in [-0.1, -0.05) is 35.9 Å². The topological polar surface area (TPSA) is 58.2 Å².